The first-order valence-electron chi connectivity index (χ1n) is 4.53. The zero-order valence-corrected chi connectivity index (χ0v) is 9.87. The van der Waals surface area contributed by atoms with Gasteiger partial charge in [0.15, 0.2) is 0 Å². The highest BCUT2D eigenvalue weighted by atomic mass is 35.5. The van der Waals surface area contributed by atoms with Crippen LogP contribution in [0.2, 0.25) is 0 Å². The first kappa shape index (κ1) is 14.3. The second kappa shape index (κ2) is 4.90. The first-order chi connectivity index (χ1) is 6.32. The molecule has 1 atom stereocenters. The molecule has 0 aliphatic carbocycles. The van der Waals surface area contributed by atoms with Gasteiger partial charge in [0.2, 0.25) is 0 Å². The Labute approximate surface area is 95.1 Å². The van der Waals surface area contributed by atoms with E-state index in [1.165, 1.54) is 0 Å². The van der Waals surface area contributed by atoms with E-state index in [4.69, 9.17) is 5.73 Å². The van der Waals surface area contributed by atoms with E-state index in [0.717, 1.165) is 18.2 Å². The van der Waals surface area contributed by atoms with Gasteiger partial charge in [0.1, 0.15) is 11.6 Å². The third-order valence-electron chi connectivity index (χ3n) is 2.23. The van der Waals surface area contributed by atoms with Crippen molar-refractivity contribution in [2.45, 2.75) is 26.8 Å². The summed E-state index contributed by atoms with van der Waals surface area (Å²) in [5.74, 6) is -0.907. The number of nitrogens with two attached hydrogens (primary N) is 1. The lowest BCUT2D eigenvalue weighted by Crippen LogP contribution is -2.27. The van der Waals surface area contributed by atoms with Crippen LogP contribution in [0.5, 0.6) is 0 Å². The van der Waals surface area contributed by atoms with Gasteiger partial charge in [0.05, 0.1) is 0 Å². The van der Waals surface area contributed by atoms with Gasteiger partial charge in [-0.1, -0.05) is 20.8 Å². The Balaban J connectivity index is 0.00000196. The molecular weight excluding hydrogens is 220 g/mol. The summed E-state index contributed by atoms with van der Waals surface area (Å²) >= 11 is 0. The van der Waals surface area contributed by atoms with Crippen molar-refractivity contribution in [1.82, 2.24) is 0 Å². The summed E-state index contributed by atoms with van der Waals surface area (Å²) in [6.07, 6.45) is 0. The molecular formula is C11H16ClF2N. The van der Waals surface area contributed by atoms with Crippen molar-refractivity contribution in [2.75, 3.05) is 0 Å². The van der Waals surface area contributed by atoms with Crippen LogP contribution in [-0.2, 0) is 0 Å². The minimum atomic E-state index is -0.502. The highest BCUT2D eigenvalue weighted by Gasteiger charge is 2.25. The summed E-state index contributed by atoms with van der Waals surface area (Å²) in [5.41, 5.74) is 5.79. The van der Waals surface area contributed by atoms with Gasteiger partial charge in [-0.3, -0.25) is 0 Å². The lowest BCUT2D eigenvalue weighted by Gasteiger charge is -2.27. The predicted molar refractivity (Wildman–Crippen MR) is 60.0 cm³/mol. The minimum Gasteiger partial charge on any atom is -0.323 e. The fraction of sp³-hybridized carbons (Fsp3) is 0.455. The minimum absolute atomic E-state index is 0. The maximum absolute atomic E-state index is 13.3. The van der Waals surface area contributed by atoms with Crippen LogP contribution in [0.25, 0.3) is 0 Å². The second-order valence-electron chi connectivity index (χ2n) is 4.51. The van der Waals surface area contributed by atoms with Crippen LogP contribution >= 0.6 is 12.4 Å². The van der Waals surface area contributed by atoms with Crippen LogP contribution in [0.15, 0.2) is 18.2 Å². The summed E-state index contributed by atoms with van der Waals surface area (Å²) in [6.45, 7) is 5.67. The average molecular weight is 236 g/mol. The zero-order valence-electron chi connectivity index (χ0n) is 9.05. The lowest BCUT2D eigenvalue weighted by atomic mass is 9.83. The Morgan fingerprint density at radius 2 is 1.73 bits per heavy atom. The zero-order chi connectivity index (χ0) is 10.9. The Morgan fingerprint density at radius 3 is 2.20 bits per heavy atom. The van der Waals surface area contributed by atoms with E-state index in [-0.39, 0.29) is 23.4 Å². The molecule has 0 saturated carbocycles. The molecule has 0 radical (unpaired) electrons. The highest BCUT2D eigenvalue weighted by Crippen LogP contribution is 2.31. The summed E-state index contributed by atoms with van der Waals surface area (Å²) in [7, 11) is 0. The van der Waals surface area contributed by atoms with Crippen LogP contribution in [0, 0.1) is 17.0 Å². The van der Waals surface area contributed by atoms with Crippen LogP contribution in [0.4, 0.5) is 8.78 Å². The molecule has 1 aromatic rings. The highest BCUT2D eigenvalue weighted by molar-refractivity contribution is 5.85. The summed E-state index contributed by atoms with van der Waals surface area (Å²) in [4.78, 5) is 0. The normalized spacial score (nSPS) is 13.2. The fourth-order valence-corrected chi connectivity index (χ4v) is 1.22. The molecule has 0 unspecified atom stereocenters. The van der Waals surface area contributed by atoms with Crippen LogP contribution in [0.1, 0.15) is 32.4 Å². The van der Waals surface area contributed by atoms with E-state index in [1.54, 1.807) is 0 Å². The summed E-state index contributed by atoms with van der Waals surface area (Å²) in [6, 6.07) is 2.86. The molecule has 1 aromatic carbocycles. The van der Waals surface area contributed by atoms with Crippen molar-refractivity contribution in [1.29, 1.82) is 0 Å². The Bertz CT molecular complexity index is 334. The third-order valence-corrected chi connectivity index (χ3v) is 2.23. The van der Waals surface area contributed by atoms with Crippen molar-refractivity contribution < 1.29 is 8.78 Å². The average Bonchev–Trinajstić information content (AvgIpc) is 2.06. The monoisotopic (exact) mass is 235 g/mol. The molecule has 0 fully saturated rings. The van der Waals surface area contributed by atoms with Gasteiger partial charge in [0.25, 0.3) is 0 Å². The molecule has 0 aliphatic heterocycles. The van der Waals surface area contributed by atoms with Crippen LogP contribution in [-0.4, -0.2) is 0 Å². The van der Waals surface area contributed by atoms with Crippen molar-refractivity contribution in [3.8, 4) is 0 Å². The third kappa shape index (κ3) is 3.43. The molecule has 15 heavy (non-hydrogen) atoms. The van der Waals surface area contributed by atoms with Gasteiger partial charge >= 0.3 is 0 Å². The van der Waals surface area contributed by atoms with Crippen molar-refractivity contribution in [3.05, 3.63) is 35.4 Å². The molecule has 1 nitrogen and oxygen atoms in total. The van der Waals surface area contributed by atoms with Crippen LogP contribution in [0.3, 0.4) is 0 Å². The van der Waals surface area contributed by atoms with Crippen LogP contribution < -0.4 is 5.73 Å². The van der Waals surface area contributed by atoms with Gasteiger partial charge in [-0.25, -0.2) is 8.78 Å². The van der Waals surface area contributed by atoms with Gasteiger partial charge in [-0.2, -0.15) is 0 Å². The second-order valence-corrected chi connectivity index (χ2v) is 4.51. The number of benzene rings is 1. The standard InChI is InChI=1S/C11H15F2N.ClH/c1-11(2,3)10(14)8-6-7(12)4-5-9(8)13;/h4-6,10H,14H2,1-3H3;1H/t10-;/m1./s1. The van der Waals surface area contributed by atoms with E-state index in [0.29, 0.717) is 0 Å². The van der Waals surface area contributed by atoms with Gasteiger partial charge < -0.3 is 5.73 Å². The Morgan fingerprint density at radius 1 is 1.20 bits per heavy atom. The molecule has 86 valence electrons. The molecule has 0 aromatic heterocycles. The van der Waals surface area contributed by atoms with Crippen molar-refractivity contribution in [3.63, 3.8) is 0 Å². The Hall–Kier alpha value is -0.670. The van der Waals surface area contributed by atoms with Crippen molar-refractivity contribution >= 4 is 12.4 Å². The molecule has 0 aliphatic rings. The number of hydrogen-bond acceptors (Lipinski definition) is 1. The van der Waals surface area contributed by atoms with Gasteiger partial charge in [0, 0.05) is 11.6 Å². The number of hydrogen-bond donors (Lipinski definition) is 1. The molecule has 0 amide bonds. The lowest BCUT2D eigenvalue weighted by molar-refractivity contribution is 0.318. The maximum Gasteiger partial charge on any atom is 0.128 e. The Kier molecular flexibility index (Phi) is 4.68. The van der Waals surface area contributed by atoms with Gasteiger partial charge in [-0.05, 0) is 23.6 Å². The van der Waals surface area contributed by atoms with E-state index >= 15 is 0 Å². The summed E-state index contributed by atoms with van der Waals surface area (Å²) in [5, 5.41) is 0. The van der Waals surface area contributed by atoms with E-state index in [9.17, 15) is 8.78 Å². The molecule has 4 heteroatoms. The molecule has 0 saturated heterocycles. The SMILES string of the molecule is CC(C)(C)[C@H](N)c1cc(F)ccc1F.Cl. The topological polar surface area (TPSA) is 26.0 Å². The molecule has 1 rings (SSSR count). The maximum atomic E-state index is 13.3. The van der Waals surface area contributed by atoms with Crippen molar-refractivity contribution in [2.24, 2.45) is 11.1 Å². The largest absolute Gasteiger partial charge is 0.323 e. The van der Waals surface area contributed by atoms with E-state index in [2.05, 4.69) is 0 Å². The first-order valence-corrected chi connectivity index (χ1v) is 4.53. The summed E-state index contributed by atoms with van der Waals surface area (Å²) < 4.78 is 26.2. The smallest absolute Gasteiger partial charge is 0.128 e. The van der Waals surface area contributed by atoms with Gasteiger partial charge in [-0.15, -0.1) is 12.4 Å². The predicted octanol–water partition coefficient (Wildman–Crippen LogP) is 3.43. The quantitative estimate of drug-likeness (QED) is 0.793. The van der Waals surface area contributed by atoms with E-state index < -0.39 is 17.7 Å². The van der Waals surface area contributed by atoms with E-state index in [1.807, 2.05) is 20.8 Å². The molecule has 0 heterocycles. The molecule has 2 N–H and O–H groups in total. The number of halogens is 3. The number of rotatable bonds is 1. The fourth-order valence-electron chi connectivity index (χ4n) is 1.22. The molecule has 0 bridgehead atoms. The molecule has 0 spiro atoms.